The van der Waals surface area contributed by atoms with E-state index in [0.717, 1.165) is 11.1 Å². The van der Waals surface area contributed by atoms with Crippen LogP contribution in [-0.4, -0.2) is 21.8 Å². The molecule has 0 aliphatic rings. The van der Waals surface area contributed by atoms with Gasteiger partial charge in [0.25, 0.3) is 11.8 Å². The first kappa shape index (κ1) is 18.5. The van der Waals surface area contributed by atoms with E-state index in [1.165, 1.54) is 18.5 Å². The van der Waals surface area contributed by atoms with Crippen molar-refractivity contribution < 1.29 is 9.59 Å². The molecular weight excluding hydrogens is 364 g/mol. The fraction of sp³-hybridized carbons (Fsp3) is 0.100. The molecule has 0 saturated carbocycles. The summed E-state index contributed by atoms with van der Waals surface area (Å²) in [5.41, 5.74) is 2.84. The lowest BCUT2D eigenvalue weighted by Crippen LogP contribution is -2.23. The SMILES string of the molecule is Cc1c(Cl)cccc1NC(=O)c1cncc(C(=O)NCc2cccnc2)c1. The van der Waals surface area contributed by atoms with Crippen LogP contribution in [0.25, 0.3) is 0 Å². The van der Waals surface area contributed by atoms with E-state index in [4.69, 9.17) is 11.6 Å². The topological polar surface area (TPSA) is 84.0 Å². The summed E-state index contributed by atoms with van der Waals surface area (Å²) in [4.78, 5) is 32.8. The first-order valence-electron chi connectivity index (χ1n) is 8.23. The minimum Gasteiger partial charge on any atom is -0.348 e. The summed E-state index contributed by atoms with van der Waals surface area (Å²) in [5.74, 6) is -0.685. The monoisotopic (exact) mass is 380 g/mol. The zero-order valence-electron chi connectivity index (χ0n) is 14.6. The third-order valence-corrected chi connectivity index (χ3v) is 4.36. The number of halogens is 1. The van der Waals surface area contributed by atoms with Gasteiger partial charge in [0.2, 0.25) is 0 Å². The highest BCUT2D eigenvalue weighted by Crippen LogP contribution is 2.23. The number of carbonyl (C=O) groups excluding carboxylic acids is 2. The number of aromatic nitrogens is 2. The standard InChI is InChI=1S/C20H17ClN4O2/c1-13-17(21)5-2-6-18(13)25-20(27)16-8-15(11-23-12-16)19(26)24-10-14-4-3-7-22-9-14/h2-9,11-12H,10H2,1H3,(H,24,26)(H,25,27). The van der Waals surface area contributed by atoms with Gasteiger partial charge in [-0.05, 0) is 42.3 Å². The Labute approximate surface area is 161 Å². The number of carbonyl (C=O) groups is 2. The smallest absolute Gasteiger partial charge is 0.257 e. The van der Waals surface area contributed by atoms with Crippen LogP contribution >= 0.6 is 11.6 Å². The predicted molar refractivity (Wildman–Crippen MR) is 104 cm³/mol. The maximum absolute atomic E-state index is 12.5. The molecule has 0 atom stereocenters. The highest BCUT2D eigenvalue weighted by Gasteiger charge is 2.13. The molecule has 0 radical (unpaired) electrons. The summed E-state index contributed by atoms with van der Waals surface area (Å²) < 4.78 is 0. The van der Waals surface area contributed by atoms with Crippen molar-refractivity contribution in [2.75, 3.05) is 5.32 Å². The number of amides is 2. The van der Waals surface area contributed by atoms with Crippen LogP contribution in [0.5, 0.6) is 0 Å². The first-order valence-corrected chi connectivity index (χ1v) is 8.61. The molecule has 1 aromatic carbocycles. The number of hydrogen-bond acceptors (Lipinski definition) is 4. The lowest BCUT2D eigenvalue weighted by molar-refractivity contribution is 0.0950. The summed E-state index contributed by atoms with van der Waals surface area (Å²) >= 11 is 6.07. The number of nitrogens with zero attached hydrogens (tertiary/aromatic N) is 2. The highest BCUT2D eigenvalue weighted by atomic mass is 35.5. The van der Waals surface area contributed by atoms with E-state index in [-0.39, 0.29) is 17.4 Å². The Bertz CT molecular complexity index is 977. The minimum absolute atomic E-state index is 0.281. The fourth-order valence-electron chi connectivity index (χ4n) is 2.41. The summed E-state index contributed by atoms with van der Waals surface area (Å²) in [6, 6.07) is 10.4. The fourth-order valence-corrected chi connectivity index (χ4v) is 2.59. The quantitative estimate of drug-likeness (QED) is 0.708. The van der Waals surface area contributed by atoms with E-state index in [2.05, 4.69) is 20.6 Å². The number of hydrogen-bond donors (Lipinski definition) is 2. The van der Waals surface area contributed by atoms with Crippen LogP contribution in [0, 0.1) is 6.92 Å². The molecule has 136 valence electrons. The number of anilines is 1. The molecule has 6 nitrogen and oxygen atoms in total. The molecular formula is C20H17ClN4O2. The van der Waals surface area contributed by atoms with Gasteiger partial charge in [0.05, 0.1) is 11.1 Å². The number of rotatable bonds is 5. The van der Waals surface area contributed by atoms with Gasteiger partial charge in [0.15, 0.2) is 0 Å². The number of pyridine rings is 2. The van der Waals surface area contributed by atoms with Crippen LogP contribution in [0.1, 0.15) is 31.8 Å². The second-order valence-corrected chi connectivity index (χ2v) is 6.28. The van der Waals surface area contributed by atoms with Crippen LogP contribution < -0.4 is 10.6 Å². The molecule has 3 aromatic rings. The second kappa shape index (κ2) is 8.42. The molecule has 0 bridgehead atoms. The molecule has 2 heterocycles. The third-order valence-electron chi connectivity index (χ3n) is 3.95. The van der Waals surface area contributed by atoms with Crippen molar-refractivity contribution in [2.45, 2.75) is 13.5 Å². The van der Waals surface area contributed by atoms with E-state index in [1.54, 1.807) is 36.7 Å². The van der Waals surface area contributed by atoms with Crippen molar-refractivity contribution >= 4 is 29.1 Å². The van der Waals surface area contributed by atoms with Crippen molar-refractivity contribution in [3.8, 4) is 0 Å². The average molecular weight is 381 g/mol. The van der Waals surface area contributed by atoms with Crippen LogP contribution in [-0.2, 0) is 6.54 Å². The van der Waals surface area contributed by atoms with Crippen LogP contribution in [0.2, 0.25) is 5.02 Å². The molecule has 0 fully saturated rings. The molecule has 2 amide bonds. The van der Waals surface area contributed by atoms with Gasteiger partial charge in [-0.1, -0.05) is 23.7 Å². The lowest BCUT2D eigenvalue weighted by atomic mass is 10.1. The van der Waals surface area contributed by atoms with Crippen LogP contribution in [0.4, 0.5) is 5.69 Å². The van der Waals surface area contributed by atoms with Crippen molar-refractivity contribution in [1.82, 2.24) is 15.3 Å². The van der Waals surface area contributed by atoms with Crippen molar-refractivity contribution in [1.29, 1.82) is 0 Å². The summed E-state index contributed by atoms with van der Waals surface area (Å²) in [7, 11) is 0. The van der Waals surface area contributed by atoms with Gasteiger partial charge in [-0.2, -0.15) is 0 Å². The first-order chi connectivity index (χ1) is 13.0. The van der Waals surface area contributed by atoms with E-state index in [0.29, 0.717) is 22.8 Å². The third kappa shape index (κ3) is 4.68. The molecule has 0 saturated heterocycles. The van der Waals surface area contributed by atoms with Gasteiger partial charge in [0.1, 0.15) is 0 Å². The van der Waals surface area contributed by atoms with Gasteiger partial charge in [-0.3, -0.25) is 19.6 Å². The zero-order chi connectivity index (χ0) is 19.2. The van der Waals surface area contributed by atoms with Crippen molar-refractivity contribution in [3.05, 3.63) is 88.5 Å². The Hall–Kier alpha value is -3.25. The second-order valence-electron chi connectivity index (χ2n) is 5.87. The molecule has 0 aliphatic heterocycles. The Balaban J connectivity index is 1.70. The normalized spacial score (nSPS) is 10.3. The summed E-state index contributed by atoms with van der Waals surface area (Å²) in [6.45, 7) is 2.16. The molecule has 2 N–H and O–H groups in total. The number of nitrogens with one attached hydrogen (secondary N) is 2. The Morgan fingerprint density at radius 3 is 2.52 bits per heavy atom. The van der Waals surface area contributed by atoms with Crippen molar-refractivity contribution in [2.24, 2.45) is 0 Å². The van der Waals surface area contributed by atoms with Crippen LogP contribution in [0.15, 0.2) is 61.2 Å². The molecule has 2 aromatic heterocycles. The van der Waals surface area contributed by atoms with E-state index >= 15 is 0 Å². The maximum Gasteiger partial charge on any atom is 0.257 e. The highest BCUT2D eigenvalue weighted by molar-refractivity contribution is 6.31. The number of benzene rings is 1. The lowest BCUT2D eigenvalue weighted by Gasteiger charge is -2.10. The average Bonchev–Trinajstić information content (AvgIpc) is 2.70. The van der Waals surface area contributed by atoms with Gasteiger partial charge in [-0.15, -0.1) is 0 Å². The summed E-state index contributed by atoms with van der Waals surface area (Å²) in [6.07, 6.45) is 6.17. The predicted octanol–water partition coefficient (Wildman–Crippen LogP) is 3.62. The largest absolute Gasteiger partial charge is 0.348 e. The Kier molecular flexibility index (Phi) is 5.78. The van der Waals surface area contributed by atoms with E-state index in [9.17, 15) is 9.59 Å². The molecule has 0 spiro atoms. The molecule has 7 heteroatoms. The molecule has 0 unspecified atom stereocenters. The zero-order valence-corrected chi connectivity index (χ0v) is 15.3. The van der Waals surface area contributed by atoms with Gasteiger partial charge in [0, 0.05) is 42.0 Å². The molecule has 3 rings (SSSR count). The van der Waals surface area contributed by atoms with Crippen molar-refractivity contribution in [3.63, 3.8) is 0 Å². The van der Waals surface area contributed by atoms with Gasteiger partial charge >= 0.3 is 0 Å². The van der Waals surface area contributed by atoms with E-state index < -0.39 is 0 Å². The van der Waals surface area contributed by atoms with Gasteiger partial charge in [-0.25, -0.2) is 0 Å². The summed E-state index contributed by atoms with van der Waals surface area (Å²) in [5, 5.41) is 6.13. The van der Waals surface area contributed by atoms with E-state index in [1.807, 2.05) is 13.0 Å². The van der Waals surface area contributed by atoms with Gasteiger partial charge < -0.3 is 10.6 Å². The molecule has 27 heavy (non-hydrogen) atoms. The minimum atomic E-state index is -0.366. The van der Waals surface area contributed by atoms with Crippen LogP contribution in [0.3, 0.4) is 0 Å². The Morgan fingerprint density at radius 1 is 1.00 bits per heavy atom. The molecule has 0 aliphatic carbocycles. The maximum atomic E-state index is 12.5. The Morgan fingerprint density at radius 2 is 1.78 bits per heavy atom.